The predicted octanol–water partition coefficient (Wildman–Crippen LogP) is 7.40. The monoisotopic (exact) mass is 543 g/mol. The molecule has 0 aromatic carbocycles. The molecule has 6 N–H and O–H groups in total. The Bertz CT molecular complexity index is 160. The van der Waals surface area contributed by atoms with Crippen LogP contribution in [0.3, 0.4) is 0 Å². The SMILES string of the molecule is C1CCCCCCCCCCCCCCCCCC1.CCO.CCO.CCO.CCO.CCO.CCO. The Morgan fingerprint density at radius 2 is 0.243 bits per heavy atom. The van der Waals surface area contributed by atoms with Gasteiger partial charge in [0.15, 0.2) is 0 Å². The minimum atomic E-state index is 0.250. The first-order valence-electron chi connectivity index (χ1n) is 15.6. The van der Waals surface area contributed by atoms with Crippen molar-refractivity contribution < 1.29 is 30.6 Å². The fraction of sp³-hybridized carbons (Fsp3) is 1.00. The second kappa shape index (κ2) is 70.5. The maximum Gasteiger partial charge on any atom is 0.0402 e. The summed E-state index contributed by atoms with van der Waals surface area (Å²) in [5, 5.41) is 45.4. The summed E-state index contributed by atoms with van der Waals surface area (Å²) in [5.41, 5.74) is 0. The van der Waals surface area contributed by atoms with Gasteiger partial charge in [-0.2, -0.15) is 0 Å². The van der Waals surface area contributed by atoms with E-state index >= 15 is 0 Å². The minimum absolute atomic E-state index is 0.250. The number of hydrogen-bond donors (Lipinski definition) is 6. The molecule has 6 nitrogen and oxygen atoms in total. The van der Waals surface area contributed by atoms with Crippen LogP contribution in [0.1, 0.15) is 164 Å². The topological polar surface area (TPSA) is 121 Å². The summed E-state index contributed by atoms with van der Waals surface area (Å²) < 4.78 is 0. The van der Waals surface area contributed by atoms with Crippen LogP contribution in [0, 0.1) is 0 Å². The maximum atomic E-state index is 7.57. The summed E-state index contributed by atoms with van der Waals surface area (Å²) in [5.74, 6) is 0. The first kappa shape index (κ1) is 49.7. The lowest BCUT2D eigenvalue weighted by molar-refractivity contribution is 0.318. The molecule has 0 unspecified atom stereocenters. The molecule has 234 valence electrons. The quantitative estimate of drug-likeness (QED) is 0.190. The Morgan fingerprint density at radius 1 is 0.216 bits per heavy atom. The third-order valence-corrected chi connectivity index (χ3v) is 4.75. The number of rotatable bonds is 0. The first-order chi connectivity index (χ1) is 18.0. The average Bonchev–Trinajstić information content (AvgIpc) is 2.85. The Morgan fingerprint density at radius 3 is 0.270 bits per heavy atom. The van der Waals surface area contributed by atoms with Gasteiger partial charge in [-0.25, -0.2) is 0 Å². The van der Waals surface area contributed by atoms with Gasteiger partial charge in [0.2, 0.25) is 0 Å². The molecule has 0 bridgehead atoms. The van der Waals surface area contributed by atoms with Crippen molar-refractivity contribution in [2.75, 3.05) is 39.6 Å². The van der Waals surface area contributed by atoms with Crippen LogP contribution in [-0.2, 0) is 0 Å². The van der Waals surface area contributed by atoms with E-state index in [0.717, 1.165) is 0 Å². The number of aliphatic hydroxyl groups is 6. The van der Waals surface area contributed by atoms with Crippen LogP contribution in [0.5, 0.6) is 0 Å². The molecular weight excluding hydrogens is 468 g/mol. The molecule has 1 rings (SSSR count). The lowest BCUT2D eigenvalue weighted by Gasteiger charge is -2.03. The molecule has 1 aliphatic carbocycles. The van der Waals surface area contributed by atoms with Gasteiger partial charge in [0.05, 0.1) is 0 Å². The molecule has 1 aliphatic rings. The third-order valence-electron chi connectivity index (χ3n) is 4.75. The van der Waals surface area contributed by atoms with Gasteiger partial charge in [0.25, 0.3) is 0 Å². The Labute approximate surface area is 233 Å². The largest absolute Gasteiger partial charge is 0.397 e. The normalized spacial score (nSPS) is 15.2. The van der Waals surface area contributed by atoms with Gasteiger partial charge < -0.3 is 30.6 Å². The van der Waals surface area contributed by atoms with Crippen molar-refractivity contribution in [1.82, 2.24) is 0 Å². The molecule has 0 saturated heterocycles. The van der Waals surface area contributed by atoms with Gasteiger partial charge in [-0.15, -0.1) is 0 Å². The van der Waals surface area contributed by atoms with Gasteiger partial charge in [0, 0.05) is 39.6 Å². The molecule has 0 radical (unpaired) electrons. The molecule has 0 spiro atoms. The van der Waals surface area contributed by atoms with Crippen molar-refractivity contribution in [2.45, 2.75) is 164 Å². The van der Waals surface area contributed by atoms with E-state index < -0.39 is 0 Å². The molecule has 1 fully saturated rings. The summed E-state index contributed by atoms with van der Waals surface area (Å²) in [6.45, 7) is 11.6. The lowest BCUT2D eigenvalue weighted by atomic mass is 10.0. The summed E-state index contributed by atoms with van der Waals surface area (Å²) in [6.07, 6.45) is 28.5. The molecule has 0 aromatic heterocycles. The van der Waals surface area contributed by atoms with Crippen molar-refractivity contribution in [3.63, 3.8) is 0 Å². The Hall–Kier alpha value is -0.240. The van der Waals surface area contributed by atoms with Gasteiger partial charge in [-0.05, 0) is 41.5 Å². The molecule has 6 heteroatoms. The van der Waals surface area contributed by atoms with E-state index in [9.17, 15) is 0 Å². The van der Waals surface area contributed by atoms with Crippen molar-refractivity contribution >= 4 is 0 Å². The standard InChI is InChI=1S/C19H38.6C2H6O/c1-2-4-6-8-10-12-14-16-18-19-17-15-13-11-9-7-5-3-1;6*1-2-3/h1-19H2;6*3H,2H2,1H3. The highest BCUT2D eigenvalue weighted by Crippen LogP contribution is 2.16. The van der Waals surface area contributed by atoms with E-state index in [1.54, 1.807) is 41.5 Å². The lowest BCUT2D eigenvalue weighted by Crippen LogP contribution is -1.83. The van der Waals surface area contributed by atoms with Crippen LogP contribution >= 0.6 is 0 Å². The van der Waals surface area contributed by atoms with E-state index in [-0.39, 0.29) is 39.6 Å². The van der Waals surface area contributed by atoms with Crippen LogP contribution in [0.2, 0.25) is 0 Å². The van der Waals surface area contributed by atoms with E-state index in [2.05, 4.69) is 0 Å². The highest BCUT2D eigenvalue weighted by molar-refractivity contribution is 4.52. The zero-order chi connectivity index (χ0) is 29.7. The van der Waals surface area contributed by atoms with Gasteiger partial charge in [-0.3, -0.25) is 0 Å². The highest BCUT2D eigenvalue weighted by atomic mass is 16.3. The fourth-order valence-corrected chi connectivity index (χ4v) is 3.36. The molecule has 0 heterocycles. The first-order valence-corrected chi connectivity index (χ1v) is 15.6. The molecule has 1 saturated carbocycles. The van der Waals surface area contributed by atoms with Crippen molar-refractivity contribution in [1.29, 1.82) is 0 Å². The molecule has 0 aliphatic heterocycles. The summed E-state index contributed by atoms with van der Waals surface area (Å²) in [4.78, 5) is 0. The van der Waals surface area contributed by atoms with E-state index in [4.69, 9.17) is 30.6 Å². The van der Waals surface area contributed by atoms with Crippen LogP contribution in [0.25, 0.3) is 0 Å². The minimum Gasteiger partial charge on any atom is -0.397 e. The van der Waals surface area contributed by atoms with Crippen LogP contribution in [0.15, 0.2) is 0 Å². The summed E-state index contributed by atoms with van der Waals surface area (Å²) in [6, 6.07) is 0. The van der Waals surface area contributed by atoms with Crippen LogP contribution in [0.4, 0.5) is 0 Å². The molecule has 0 amide bonds. The number of hydrogen-bond acceptors (Lipinski definition) is 6. The second-order valence-corrected chi connectivity index (χ2v) is 8.61. The van der Waals surface area contributed by atoms with Crippen molar-refractivity contribution in [3.05, 3.63) is 0 Å². The third kappa shape index (κ3) is 116. The van der Waals surface area contributed by atoms with E-state index in [0.29, 0.717) is 0 Å². The van der Waals surface area contributed by atoms with Gasteiger partial charge in [-0.1, -0.05) is 122 Å². The van der Waals surface area contributed by atoms with Crippen molar-refractivity contribution in [3.8, 4) is 0 Å². The van der Waals surface area contributed by atoms with Gasteiger partial charge >= 0.3 is 0 Å². The van der Waals surface area contributed by atoms with Crippen molar-refractivity contribution in [2.24, 2.45) is 0 Å². The highest BCUT2D eigenvalue weighted by Gasteiger charge is 1.96. The van der Waals surface area contributed by atoms with E-state index in [1.807, 2.05) is 0 Å². The smallest absolute Gasteiger partial charge is 0.0402 e. The number of aliphatic hydroxyl groups excluding tert-OH is 6. The molecule has 37 heavy (non-hydrogen) atoms. The summed E-state index contributed by atoms with van der Waals surface area (Å²) >= 11 is 0. The zero-order valence-corrected chi connectivity index (χ0v) is 26.4. The molecule has 0 atom stereocenters. The molecular formula is C31H74O6. The second-order valence-electron chi connectivity index (χ2n) is 8.61. The van der Waals surface area contributed by atoms with Crippen LogP contribution < -0.4 is 0 Å². The zero-order valence-electron chi connectivity index (χ0n) is 26.4. The summed E-state index contributed by atoms with van der Waals surface area (Å²) in [7, 11) is 0. The average molecular weight is 543 g/mol. The Balaban J connectivity index is -0.000000109. The van der Waals surface area contributed by atoms with Crippen LogP contribution in [-0.4, -0.2) is 70.3 Å². The Kier molecular flexibility index (Phi) is 94.6. The maximum absolute atomic E-state index is 7.57. The predicted molar refractivity (Wildman–Crippen MR) is 164 cm³/mol. The van der Waals surface area contributed by atoms with E-state index in [1.165, 1.54) is 122 Å². The fourth-order valence-electron chi connectivity index (χ4n) is 3.36. The van der Waals surface area contributed by atoms with Gasteiger partial charge in [0.1, 0.15) is 0 Å². The molecule has 0 aromatic rings.